The van der Waals surface area contributed by atoms with Crippen LogP contribution in [0.2, 0.25) is 0 Å². The van der Waals surface area contributed by atoms with Crippen molar-refractivity contribution in [3.8, 4) is 5.75 Å². The number of rotatable bonds is 4. The number of hydrogen-bond donors (Lipinski definition) is 0. The Labute approximate surface area is 107 Å². The van der Waals surface area contributed by atoms with E-state index in [1.807, 2.05) is 16.9 Å². The zero-order valence-electron chi connectivity index (χ0n) is 9.18. The van der Waals surface area contributed by atoms with E-state index >= 15 is 0 Å². The summed E-state index contributed by atoms with van der Waals surface area (Å²) >= 11 is 5.11. The summed E-state index contributed by atoms with van der Waals surface area (Å²) in [6, 6.07) is 4.45. The van der Waals surface area contributed by atoms with Gasteiger partial charge in [-0.1, -0.05) is 0 Å². The van der Waals surface area contributed by atoms with Crippen molar-refractivity contribution in [3.63, 3.8) is 0 Å². The summed E-state index contributed by atoms with van der Waals surface area (Å²) in [6.07, 6.45) is 3.68. The molecule has 0 radical (unpaired) electrons. The molecule has 0 amide bonds. The molecule has 3 nitrogen and oxygen atoms in total. The van der Waals surface area contributed by atoms with E-state index < -0.39 is 0 Å². The maximum Gasteiger partial charge on any atom is 0.157 e. The fourth-order valence-corrected chi connectivity index (χ4v) is 2.66. The number of halogens is 1. The fraction of sp³-hybridized carbons (Fsp3) is 0.364. The minimum absolute atomic E-state index is 0.369. The molecular weight excluding hydrogens is 288 g/mol. The van der Waals surface area contributed by atoms with Crippen molar-refractivity contribution >= 4 is 27.3 Å². The number of aromatic nitrogens is 2. The van der Waals surface area contributed by atoms with E-state index in [9.17, 15) is 0 Å². The molecule has 0 aromatic carbocycles. The van der Waals surface area contributed by atoms with E-state index in [4.69, 9.17) is 4.74 Å². The Morgan fingerprint density at radius 2 is 2.31 bits per heavy atom. The molecule has 0 saturated heterocycles. The maximum absolute atomic E-state index is 5.64. The van der Waals surface area contributed by atoms with Crippen LogP contribution in [-0.2, 0) is 6.61 Å². The van der Waals surface area contributed by atoms with Crippen molar-refractivity contribution in [1.82, 2.24) is 9.78 Å². The number of hydrogen-bond acceptors (Lipinski definition) is 3. The lowest BCUT2D eigenvalue weighted by Crippen LogP contribution is -1.99. The summed E-state index contributed by atoms with van der Waals surface area (Å²) in [5.41, 5.74) is 0. The molecule has 0 spiro atoms. The summed E-state index contributed by atoms with van der Waals surface area (Å²) < 4.78 is 8.66. The van der Waals surface area contributed by atoms with E-state index in [0.29, 0.717) is 12.6 Å². The monoisotopic (exact) mass is 300 g/mol. The van der Waals surface area contributed by atoms with Gasteiger partial charge >= 0.3 is 0 Å². The van der Waals surface area contributed by atoms with Gasteiger partial charge in [-0.15, -0.1) is 11.3 Å². The van der Waals surface area contributed by atoms with E-state index in [1.165, 1.54) is 4.88 Å². The minimum Gasteiger partial charge on any atom is -0.485 e. The first-order chi connectivity index (χ1) is 7.65. The van der Waals surface area contributed by atoms with Crippen LogP contribution >= 0.6 is 27.3 Å². The molecule has 2 rings (SSSR count). The first kappa shape index (κ1) is 11.7. The smallest absolute Gasteiger partial charge is 0.157 e. The summed E-state index contributed by atoms with van der Waals surface area (Å²) in [5, 5.41) is 4.22. The minimum atomic E-state index is 0.369. The van der Waals surface area contributed by atoms with Crippen molar-refractivity contribution in [2.75, 3.05) is 0 Å². The molecule has 0 unspecified atom stereocenters. The van der Waals surface area contributed by atoms with Crippen molar-refractivity contribution in [2.24, 2.45) is 0 Å². The topological polar surface area (TPSA) is 27.1 Å². The van der Waals surface area contributed by atoms with E-state index in [0.717, 1.165) is 9.54 Å². The fourth-order valence-electron chi connectivity index (χ4n) is 1.26. The first-order valence-corrected chi connectivity index (χ1v) is 6.67. The highest BCUT2D eigenvalue weighted by Crippen LogP contribution is 2.23. The average Bonchev–Trinajstić information content (AvgIpc) is 2.83. The van der Waals surface area contributed by atoms with Gasteiger partial charge in [0.25, 0.3) is 0 Å². The highest BCUT2D eigenvalue weighted by molar-refractivity contribution is 9.11. The van der Waals surface area contributed by atoms with Crippen molar-refractivity contribution in [3.05, 3.63) is 33.2 Å². The molecule has 2 heterocycles. The van der Waals surface area contributed by atoms with Crippen LogP contribution in [0.3, 0.4) is 0 Å². The second kappa shape index (κ2) is 5.01. The first-order valence-electron chi connectivity index (χ1n) is 5.06. The van der Waals surface area contributed by atoms with Crippen LogP contribution in [0.4, 0.5) is 0 Å². The third-order valence-electron chi connectivity index (χ3n) is 2.12. The third kappa shape index (κ3) is 2.86. The molecular formula is C11H13BrN2OS. The molecule has 0 atom stereocenters. The average molecular weight is 301 g/mol. The Kier molecular flexibility index (Phi) is 3.66. The van der Waals surface area contributed by atoms with Gasteiger partial charge in [0.2, 0.25) is 0 Å². The van der Waals surface area contributed by atoms with Crippen molar-refractivity contribution in [2.45, 2.75) is 26.5 Å². The second-order valence-electron chi connectivity index (χ2n) is 3.74. The molecule has 86 valence electrons. The van der Waals surface area contributed by atoms with Crippen LogP contribution in [0, 0.1) is 0 Å². The molecule has 2 aromatic rings. The van der Waals surface area contributed by atoms with Crippen LogP contribution < -0.4 is 4.74 Å². The normalized spacial score (nSPS) is 11.0. The molecule has 2 aromatic heterocycles. The number of nitrogens with zero attached hydrogens (tertiary/aromatic N) is 2. The van der Waals surface area contributed by atoms with Gasteiger partial charge in [-0.25, -0.2) is 0 Å². The molecule has 0 bridgehead atoms. The highest BCUT2D eigenvalue weighted by Gasteiger charge is 2.03. The lowest BCUT2D eigenvalue weighted by atomic mass is 10.4. The highest BCUT2D eigenvalue weighted by atomic mass is 79.9. The van der Waals surface area contributed by atoms with E-state index in [2.05, 4.69) is 40.9 Å². The molecule has 5 heteroatoms. The predicted molar refractivity (Wildman–Crippen MR) is 69.0 cm³/mol. The van der Waals surface area contributed by atoms with E-state index in [1.54, 1.807) is 17.5 Å². The molecule has 16 heavy (non-hydrogen) atoms. The molecule has 0 aliphatic rings. The third-order valence-corrected chi connectivity index (χ3v) is 3.71. The SMILES string of the molecule is CC(C)n1cc(OCc2ccc(Br)s2)cn1. The summed E-state index contributed by atoms with van der Waals surface area (Å²) in [5.74, 6) is 0.818. The van der Waals surface area contributed by atoms with Crippen molar-refractivity contribution < 1.29 is 4.74 Å². The number of thiophene rings is 1. The molecule has 0 aliphatic heterocycles. The molecule has 0 N–H and O–H groups in total. The second-order valence-corrected chi connectivity index (χ2v) is 6.29. The summed E-state index contributed by atoms with van der Waals surface area (Å²) in [6.45, 7) is 4.78. The lowest BCUT2D eigenvalue weighted by Gasteiger charge is -2.03. The van der Waals surface area contributed by atoms with Gasteiger partial charge in [-0.05, 0) is 41.9 Å². The maximum atomic E-state index is 5.64. The van der Waals surface area contributed by atoms with Crippen LogP contribution in [0.25, 0.3) is 0 Å². The predicted octanol–water partition coefficient (Wildman–Crippen LogP) is 3.87. The van der Waals surface area contributed by atoms with Crippen molar-refractivity contribution in [1.29, 1.82) is 0 Å². The van der Waals surface area contributed by atoms with Gasteiger partial charge in [-0.3, -0.25) is 4.68 Å². The Balaban J connectivity index is 1.94. The Morgan fingerprint density at radius 1 is 1.50 bits per heavy atom. The van der Waals surface area contributed by atoms with Crippen LogP contribution in [0.5, 0.6) is 5.75 Å². The zero-order valence-corrected chi connectivity index (χ0v) is 11.6. The Morgan fingerprint density at radius 3 is 2.88 bits per heavy atom. The molecule has 0 fully saturated rings. The Bertz CT molecular complexity index is 464. The quantitative estimate of drug-likeness (QED) is 0.857. The number of ether oxygens (including phenoxy) is 1. The van der Waals surface area contributed by atoms with Gasteiger partial charge in [-0.2, -0.15) is 5.10 Å². The van der Waals surface area contributed by atoms with Gasteiger partial charge in [0.05, 0.1) is 16.2 Å². The molecule has 0 aliphatic carbocycles. The van der Waals surface area contributed by atoms with Gasteiger partial charge in [0.1, 0.15) is 6.61 Å². The zero-order chi connectivity index (χ0) is 11.5. The van der Waals surface area contributed by atoms with Gasteiger partial charge in [0.15, 0.2) is 5.75 Å². The van der Waals surface area contributed by atoms with Gasteiger partial charge < -0.3 is 4.74 Å². The van der Waals surface area contributed by atoms with Gasteiger partial charge in [0, 0.05) is 10.9 Å². The molecule has 0 saturated carbocycles. The van der Waals surface area contributed by atoms with E-state index in [-0.39, 0.29) is 0 Å². The van der Waals surface area contributed by atoms with Crippen LogP contribution in [0.1, 0.15) is 24.8 Å². The Hall–Kier alpha value is -0.810. The summed E-state index contributed by atoms with van der Waals surface area (Å²) in [4.78, 5) is 1.20. The summed E-state index contributed by atoms with van der Waals surface area (Å²) in [7, 11) is 0. The lowest BCUT2D eigenvalue weighted by molar-refractivity contribution is 0.309. The standard InChI is InChI=1S/C11H13BrN2OS/c1-8(2)14-6-9(5-13-14)15-7-10-3-4-11(12)16-10/h3-6,8H,7H2,1-2H3. The largest absolute Gasteiger partial charge is 0.485 e. The van der Waals surface area contributed by atoms with Crippen LogP contribution in [-0.4, -0.2) is 9.78 Å². The van der Waals surface area contributed by atoms with Crippen LogP contribution in [0.15, 0.2) is 28.3 Å².